The molecule has 1 aromatic rings. The van der Waals surface area contributed by atoms with Gasteiger partial charge in [-0.2, -0.15) is 0 Å². The number of halogens is 2. The molecule has 0 aliphatic rings. The molecule has 0 unspecified atom stereocenters. The second-order valence-corrected chi connectivity index (χ2v) is 8.19. The Bertz CT molecular complexity index is 422. The van der Waals surface area contributed by atoms with E-state index in [0.29, 0.717) is 0 Å². The molecule has 0 radical (unpaired) electrons. The number of hydrogen-bond donors (Lipinski definition) is 0. The van der Waals surface area contributed by atoms with Crippen LogP contribution in [0.5, 0.6) is 0 Å². The van der Waals surface area contributed by atoms with Gasteiger partial charge in [0.05, 0.1) is 6.61 Å². The van der Waals surface area contributed by atoms with E-state index in [9.17, 15) is 12.8 Å². The van der Waals surface area contributed by atoms with Crippen LogP contribution in [0.25, 0.3) is 0 Å². The van der Waals surface area contributed by atoms with Gasteiger partial charge in [-0.3, -0.25) is 21.8 Å². The molecule has 19 heavy (non-hydrogen) atoms. The van der Waals surface area contributed by atoms with Gasteiger partial charge in [-0.15, -0.1) is 0 Å². The fourth-order valence-corrected chi connectivity index (χ4v) is 3.75. The Hall–Kier alpha value is -0.593. The minimum absolute atomic E-state index is 0.0889. The van der Waals surface area contributed by atoms with E-state index in [1.807, 2.05) is 0 Å². The Morgan fingerprint density at radius 2 is 1.74 bits per heavy atom. The van der Waals surface area contributed by atoms with E-state index in [1.54, 1.807) is 18.2 Å². The highest BCUT2D eigenvalue weighted by Gasteiger charge is 2.37. The molecule has 0 aliphatic heterocycles. The van der Waals surface area contributed by atoms with Gasteiger partial charge in [-0.1, -0.05) is 30.3 Å². The predicted octanol–water partition coefficient (Wildman–Crippen LogP) is 3.08. The zero-order valence-corrected chi connectivity index (χ0v) is 12.7. The van der Waals surface area contributed by atoms with E-state index < -0.39 is 16.6 Å². The first kappa shape index (κ1) is 16.5. The van der Waals surface area contributed by atoms with Gasteiger partial charge < -0.3 is 0 Å². The van der Waals surface area contributed by atoms with Crippen LogP contribution in [0.2, 0.25) is 6.04 Å². The molecule has 0 aliphatic carbocycles. The monoisotopic (exact) mass is 310 g/mol. The molecule has 0 atom stereocenters. The van der Waals surface area contributed by atoms with E-state index >= 15 is 0 Å². The Morgan fingerprint density at radius 1 is 1.16 bits per heavy atom. The lowest BCUT2D eigenvalue weighted by molar-refractivity contribution is 0.152. The lowest BCUT2D eigenvalue weighted by atomic mass is 10.4. The smallest absolute Gasteiger partial charge is 0.290 e. The molecule has 0 amide bonds. The van der Waals surface area contributed by atoms with E-state index in [1.165, 1.54) is 26.4 Å². The lowest BCUT2D eigenvalue weighted by Gasteiger charge is -2.15. The van der Waals surface area contributed by atoms with Crippen LogP contribution < -0.4 is 5.19 Å². The second-order valence-electron chi connectivity index (χ2n) is 3.82. The summed E-state index contributed by atoms with van der Waals surface area (Å²) in [5.41, 5.74) is 0. The van der Waals surface area contributed by atoms with Gasteiger partial charge in [-0.05, 0) is 6.42 Å². The minimum Gasteiger partial charge on any atom is -0.290 e. The van der Waals surface area contributed by atoms with Crippen molar-refractivity contribution in [2.24, 2.45) is 0 Å². The van der Waals surface area contributed by atoms with Crippen LogP contribution in [-0.2, 0) is 18.1 Å². The second kappa shape index (κ2) is 7.26. The fourth-order valence-electron chi connectivity index (χ4n) is 1.48. The van der Waals surface area contributed by atoms with Gasteiger partial charge in [0, 0.05) is 25.5 Å². The summed E-state index contributed by atoms with van der Waals surface area (Å²) in [4.78, 5) is 0. The van der Waals surface area contributed by atoms with Crippen LogP contribution in [0.15, 0.2) is 30.3 Å². The summed E-state index contributed by atoms with van der Waals surface area (Å²) in [6, 6.07) is 7.49. The van der Waals surface area contributed by atoms with Crippen molar-refractivity contribution in [3.63, 3.8) is 0 Å². The molecule has 0 saturated heterocycles. The van der Waals surface area contributed by atoms with Crippen LogP contribution in [0.3, 0.4) is 0 Å². The quantitative estimate of drug-likeness (QED) is 0.320. The van der Waals surface area contributed by atoms with Gasteiger partial charge in [0.1, 0.15) is 0 Å². The summed E-state index contributed by atoms with van der Waals surface area (Å²) in [5.74, 6) is 0. The number of phosphoric ester groups is 1. The topological polar surface area (TPSA) is 44.8 Å². The molecular formula is C11H17F2O4PSi. The Labute approximate surface area is 112 Å². The summed E-state index contributed by atoms with van der Waals surface area (Å²) < 4.78 is 53.2. The van der Waals surface area contributed by atoms with Crippen molar-refractivity contribution in [2.75, 3.05) is 20.8 Å². The Balaban J connectivity index is 2.43. The molecule has 0 heterocycles. The summed E-state index contributed by atoms with van der Waals surface area (Å²) in [7, 11) is -5.66. The molecule has 4 nitrogen and oxygen atoms in total. The fraction of sp³-hybridized carbons (Fsp3) is 0.455. The van der Waals surface area contributed by atoms with Crippen LogP contribution in [0.4, 0.5) is 8.22 Å². The zero-order valence-electron chi connectivity index (χ0n) is 10.8. The SMILES string of the molecule is COP(=O)(OC)OCCC[Si](F)(F)c1ccccc1. The maximum atomic E-state index is 13.9. The van der Waals surface area contributed by atoms with Crippen molar-refractivity contribution < 1.29 is 26.4 Å². The van der Waals surface area contributed by atoms with Gasteiger partial charge in [0.2, 0.25) is 0 Å². The molecule has 0 aromatic heterocycles. The first-order valence-electron chi connectivity index (χ1n) is 5.73. The molecular weight excluding hydrogens is 293 g/mol. The van der Waals surface area contributed by atoms with Gasteiger partial charge in [-0.25, -0.2) is 4.57 Å². The molecule has 1 rings (SSSR count). The molecule has 0 bridgehead atoms. The highest BCUT2D eigenvalue weighted by molar-refractivity contribution is 7.48. The standard InChI is InChI=1S/C11H17F2O4PSi/c1-15-18(14,16-2)17-9-6-10-19(12,13)11-7-4-3-5-8-11/h3-5,7-8H,6,9-10H2,1-2H3. The van der Waals surface area contributed by atoms with Crippen molar-refractivity contribution in [1.82, 2.24) is 0 Å². The van der Waals surface area contributed by atoms with Crippen molar-refractivity contribution in [3.05, 3.63) is 30.3 Å². The summed E-state index contributed by atoms with van der Waals surface area (Å²) in [6.07, 6.45) is 0.102. The van der Waals surface area contributed by atoms with Crippen molar-refractivity contribution in [3.8, 4) is 0 Å². The highest BCUT2D eigenvalue weighted by atomic mass is 31.2. The molecule has 108 valence electrons. The summed E-state index contributed by atoms with van der Waals surface area (Å²) in [6.45, 7) is -0.0889. The molecule has 0 saturated carbocycles. The maximum Gasteiger partial charge on any atom is 0.474 e. The van der Waals surface area contributed by atoms with Crippen LogP contribution >= 0.6 is 7.82 Å². The van der Waals surface area contributed by atoms with E-state index in [-0.39, 0.29) is 24.3 Å². The largest absolute Gasteiger partial charge is 0.474 e. The van der Waals surface area contributed by atoms with Crippen molar-refractivity contribution in [1.29, 1.82) is 0 Å². The summed E-state index contributed by atoms with van der Waals surface area (Å²) in [5, 5.41) is 0.0941. The molecule has 0 fully saturated rings. The number of rotatable bonds is 8. The average molecular weight is 310 g/mol. The maximum absolute atomic E-state index is 13.9. The van der Waals surface area contributed by atoms with E-state index in [2.05, 4.69) is 9.05 Å². The van der Waals surface area contributed by atoms with Crippen LogP contribution in [0, 0.1) is 0 Å². The van der Waals surface area contributed by atoms with Crippen LogP contribution in [-0.4, -0.2) is 29.6 Å². The number of phosphoric acid groups is 1. The molecule has 1 aromatic carbocycles. The third-order valence-electron chi connectivity index (χ3n) is 2.53. The predicted molar refractivity (Wildman–Crippen MR) is 71.0 cm³/mol. The zero-order chi connectivity index (χ0) is 14.4. The van der Waals surface area contributed by atoms with Crippen molar-refractivity contribution >= 4 is 21.8 Å². The number of benzene rings is 1. The van der Waals surface area contributed by atoms with Crippen LogP contribution in [0.1, 0.15) is 6.42 Å². The average Bonchev–Trinajstić information content (AvgIpc) is 2.44. The summed E-state index contributed by atoms with van der Waals surface area (Å²) >= 11 is 0. The molecule has 0 spiro atoms. The first-order valence-corrected chi connectivity index (χ1v) is 9.15. The minimum atomic E-state index is -4.45. The van der Waals surface area contributed by atoms with Crippen molar-refractivity contribution in [2.45, 2.75) is 12.5 Å². The normalized spacial score (nSPS) is 12.6. The first-order chi connectivity index (χ1) is 8.93. The van der Waals surface area contributed by atoms with Gasteiger partial charge >= 0.3 is 16.6 Å². The number of hydrogen-bond acceptors (Lipinski definition) is 4. The third kappa shape index (κ3) is 5.12. The van der Waals surface area contributed by atoms with E-state index in [0.717, 1.165) is 0 Å². The lowest BCUT2D eigenvalue weighted by Crippen LogP contribution is -2.38. The Morgan fingerprint density at radius 3 is 2.26 bits per heavy atom. The molecule has 8 heteroatoms. The van der Waals surface area contributed by atoms with Gasteiger partial charge in [0.25, 0.3) is 0 Å². The molecule has 0 N–H and O–H groups in total. The third-order valence-corrected chi connectivity index (χ3v) is 6.08. The highest BCUT2D eigenvalue weighted by Crippen LogP contribution is 2.47. The van der Waals surface area contributed by atoms with E-state index in [4.69, 9.17) is 4.52 Å². The Kier molecular flexibility index (Phi) is 6.29. The van der Waals surface area contributed by atoms with Gasteiger partial charge in [0.15, 0.2) is 0 Å².